The number of rotatable bonds is 0. The summed E-state index contributed by atoms with van der Waals surface area (Å²) in [5.41, 5.74) is 2.08. The fourth-order valence-electron chi connectivity index (χ4n) is 1.60. The molecule has 3 rings (SSSR count). The third-order valence-electron chi connectivity index (χ3n) is 2.22. The lowest BCUT2D eigenvalue weighted by molar-refractivity contribution is 1.40. The average molecular weight is 167 g/mol. The molecule has 1 radical (unpaired) electrons. The zero-order chi connectivity index (χ0) is 8.67. The molecule has 0 aliphatic heterocycles. The van der Waals surface area contributed by atoms with E-state index in [1.807, 2.05) is 18.5 Å². The summed E-state index contributed by atoms with van der Waals surface area (Å²) in [5, 5.41) is 2.25. The lowest BCUT2D eigenvalue weighted by Gasteiger charge is -1.96. The van der Waals surface area contributed by atoms with Crippen molar-refractivity contribution in [2.75, 3.05) is 0 Å². The highest BCUT2D eigenvalue weighted by Gasteiger charge is 2.00. The van der Waals surface area contributed by atoms with Crippen LogP contribution in [0.1, 0.15) is 0 Å². The molecule has 0 saturated heterocycles. The monoisotopic (exact) mass is 167 g/mol. The van der Waals surface area contributed by atoms with Crippen LogP contribution in [0.5, 0.6) is 0 Å². The number of aromatic amines is 1. The molecule has 0 unspecified atom stereocenters. The number of benzene rings is 1. The van der Waals surface area contributed by atoms with Gasteiger partial charge in [0.05, 0.1) is 11.0 Å². The van der Waals surface area contributed by atoms with Crippen molar-refractivity contribution >= 4 is 21.8 Å². The first-order valence-electron chi connectivity index (χ1n) is 4.18. The van der Waals surface area contributed by atoms with Gasteiger partial charge in [-0.1, -0.05) is 18.2 Å². The fourth-order valence-corrected chi connectivity index (χ4v) is 1.60. The Hall–Kier alpha value is -1.83. The average Bonchev–Trinajstić information content (AvgIpc) is 2.65. The highest BCUT2D eigenvalue weighted by molar-refractivity contribution is 6.02. The smallest absolute Gasteiger partial charge is 0.0942 e. The molecule has 2 heterocycles. The molecule has 2 nitrogen and oxygen atoms in total. The van der Waals surface area contributed by atoms with E-state index in [1.54, 1.807) is 0 Å². The summed E-state index contributed by atoms with van der Waals surface area (Å²) in [6, 6.07) is 11.2. The van der Waals surface area contributed by atoms with Crippen LogP contribution in [0.2, 0.25) is 0 Å². The van der Waals surface area contributed by atoms with E-state index >= 15 is 0 Å². The van der Waals surface area contributed by atoms with Crippen LogP contribution in [0.15, 0.2) is 36.7 Å². The van der Waals surface area contributed by atoms with E-state index < -0.39 is 0 Å². The molecule has 0 aliphatic carbocycles. The van der Waals surface area contributed by atoms with Gasteiger partial charge in [0.15, 0.2) is 0 Å². The Morgan fingerprint density at radius 1 is 1.23 bits per heavy atom. The molecule has 3 aromatic rings. The van der Waals surface area contributed by atoms with Gasteiger partial charge in [-0.2, -0.15) is 0 Å². The first-order valence-corrected chi connectivity index (χ1v) is 4.18. The highest BCUT2D eigenvalue weighted by Crippen LogP contribution is 2.20. The van der Waals surface area contributed by atoms with Crippen LogP contribution >= 0.6 is 0 Å². The van der Waals surface area contributed by atoms with Gasteiger partial charge in [0.1, 0.15) is 0 Å². The maximum atomic E-state index is 4.33. The van der Waals surface area contributed by atoms with Crippen LogP contribution in [-0.2, 0) is 0 Å². The summed E-state index contributed by atoms with van der Waals surface area (Å²) in [6.07, 6.45) is 3.63. The van der Waals surface area contributed by atoms with Crippen molar-refractivity contribution in [1.82, 2.24) is 9.97 Å². The molecule has 61 valence electrons. The number of aromatic nitrogens is 2. The van der Waals surface area contributed by atoms with E-state index in [4.69, 9.17) is 0 Å². The van der Waals surface area contributed by atoms with Crippen LogP contribution in [0, 0.1) is 6.07 Å². The van der Waals surface area contributed by atoms with Crippen molar-refractivity contribution in [2.45, 2.75) is 0 Å². The normalized spacial score (nSPS) is 11.1. The number of nitrogens with one attached hydrogen (secondary N) is 1. The van der Waals surface area contributed by atoms with E-state index in [0.717, 1.165) is 21.8 Å². The second-order valence-corrected chi connectivity index (χ2v) is 3.00. The van der Waals surface area contributed by atoms with Gasteiger partial charge in [-0.05, 0) is 6.07 Å². The third kappa shape index (κ3) is 0.855. The van der Waals surface area contributed by atoms with Crippen molar-refractivity contribution in [1.29, 1.82) is 0 Å². The van der Waals surface area contributed by atoms with Gasteiger partial charge >= 0.3 is 0 Å². The van der Waals surface area contributed by atoms with Crippen LogP contribution in [0.4, 0.5) is 0 Å². The molecule has 1 N–H and O–H groups in total. The van der Waals surface area contributed by atoms with E-state index in [-0.39, 0.29) is 0 Å². The van der Waals surface area contributed by atoms with Gasteiger partial charge in [0.2, 0.25) is 0 Å². The highest BCUT2D eigenvalue weighted by atomic mass is 14.7. The Morgan fingerprint density at radius 2 is 2.23 bits per heavy atom. The summed E-state index contributed by atoms with van der Waals surface area (Å²) in [7, 11) is 0. The number of pyridine rings is 1. The van der Waals surface area contributed by atoms with Crippen LogP contribution in [0.3, 0.4) is 0 Å². The van der Waals surface area contributed by atoms with Gasteiger partial charge in [0, 0.05) is 29.2 Å². The second kappa shape index (κ2) is 2.33. The topological polar surface area (TPSA) is 28.7 Å². The SMILES string of the molecule is [c]1c[nH]c2c1ccc1cccnc12. The number of fused-ring (bicyclic) bond motifs is 3. The van der Waals surface area contributed by atoms with Gasteiger partial charge < -0.3 is 4.98 Å². The summed E-state index contributed by atoms with van der Waals surface area (Å²) >= 11 is 0. The van der Waals surface area contributed by atoms with E-state index in [9.17, 15) is 0 Å². The molecule has 0 amide bonds. The number of hydrogen-bond acceptors (Lipinski definition) is 1. The first kappa shape index (κ1) is 6.66. The van der Waals surface area contributed by atoms with Crippen molar-refractivity contribution in [3.05, 3.63) is 42.7 Å². The molecule has 0 fully saturated rings. The largest absolute Gasteiger partial charge is 0.359 e. The standard InChI is InChI=1S/C11H7N2/c1-2-8-3-4-9-5-7-13-11(9)10(8)12-6-1/h1-4,6-7,13H. The molecular formula is C11H7N2. The summed E-state index contributed by atoms with van der Waals surface area (Å²) in [4.78, 5) is 7.47. The van der Waals surface area contributed by atoms with E-state index in [2.05, 4.69) is 34.2 Å². The van der Waals surface area contributed by atoms with Gasteiger partial charge in [-0.3, -0.25) is 4.98 Å². The molecule has 0 saturated carbocycles. The minimum atomic E-state index is 1.02. The summed E-state index contributed by atoms with van der Waals surface area (Å²) in [6.45, 7) is 0. The van der Waals surface area contributed by atoms with Crippen molar-refractivity contribution in [3.8, 4) is 0 Å². The molecule has 0 spiro atoms. The molecule has 1 aromatic carbocycles. The Balaban J connectivity index is 2.65. The van der Waals surface area contributed by atoms with Crippen LogP contribution in [-0.4, -0.2) is 9.97 Å². The third-order valence-corrected chi connectivity index (χ3v) is 2.22. The van der Waals surface area contributed by atoms with Crippen molar-refractivity contribution in [2.24, 2.45) is 0 Å². The Kier molecular flexibility index (Phi) is 1.19. The predicted molar refractivity (Wildman–Crippen MR) is 52.4 cm³/mol. The fraction of sp³-hybridized carbons (Fsp3) is 0. The van der Waals surface area contributed by atoms with Crippen molar-refractivity contribution in [3.63, 3.8) is 0 Å². The zero-order valence-electron chi connectivity index (χ0n) is 6.91. The summed E-state index contributed by atoms with van der Waals surface area (Å²) < 4.78 is 0. The molecule has 2 heteroatoms. The molecule has 2 aromatic heterocycles. The Morgan fingerprint density at radius 3 is 3.23 bits per heavy atom. The number of hydrogen-bond donors (Lipinski definition) is 1. The van der Waals surface area contributed by atoms with Gasteiger partial charge in [-0.15, -0.1) is 0 Å². The van der Waals surface area contributed by atoms with Crippen LogP contribution < -0.4 is 0 Å². The molecular weight excluding hydrogens is 160 g/mol. The van der Waals surface area contributed by atoms with E-state index in [1.165, 1.54) is 0 Å². The van der Waals surface area contributed by atoms with Gasteiger partial charge in [0.25, 0.3) is 0 Å². The second-order valence-electron chi connectivity index (χ2n) is 3.00. The molecule has 0 atom stereocenters. The minimum Gasteiger partial charge on any atom is -0.359 e. The van der Waals surface area contributed by atoms with Crippen LogP contribution in [0.25, 0.3) is 21.8 Å². The minimum absolute atomic E-state index is 1.02. The van der Waals surface area contributed by atoms with E-state index in [0.29, 0.717) is 0 Å². The number of nitrogens with zero attached hydrogens (tertiary/aromatic N) is 1. The zero-order valence-corrected chi connectivity index (χ0v) is 6.91. The first-order chi connectivity index (χ1) is 6.45. The molecule has 13 heavy (non-hydrogen) atoms. The Labute approximate surface area is 75.2 Å². The quantitative estimate of drug-likeness (QED) is 0.547. The predicted octanol–water partition coefficient (Wildman–Crippen LogP) is 2.52. The van der Waals surface area contributed by atoms with Gasteiger partial charge in [-0.25, -0.2) is 0 Å². The Bertz CT molecular complexity index is 566. The maximum absolute atomic E-state index is 4.33. The summed E-state index contributed by atoms with van der Waals surface area (Å²) in [5.74, 6) is 0. The molecule has 0 aliphatic rings. The lowest BCUT2D eigenvalue weighted by Crippen LogP contribution is -1.78. The number of H-pyrrole nitrogens is 1. The maximum Gasteiger partial charge on any atom is 0.0942 e. The molecule has 0 bridgehead atoms. The van der Waals surface area contributed by atoms with Crippen molar-refractivity contribution < 1.29 is 0 Å². The lowest BCUT2D eigenvalue weighted by atomic mass is 10.1.